The van der Waals surface area contributed by atoms with Crippen molar-refractivity contribution < 1.29 is 14.7 Å². The second-order valence-electron chi connectivity index (χ2n) is 4.45. The molecule has 21 heavy (non-hydrogen) atoms. The van der Waals surface area contributed by atoms with Crippen molar-refractivity contribution in [1.29, 1.82) is 0 Å². The first-order chi connectivity index (χ1) is 10.1. The third kappa shape index (κ3) is 4.28. The van der Waals surface area contributed by atoms with Crippen molar-refractivity contribution >= 4 is 29.0 Å². The number of carboxylic acids is 1. The molecule has 0 spiro atoms. The van der Waals surface area contributed by atoms with Crippen LogP contribution < -0.4 is 10.6 Å². The Kier molecular flexibility index (Phi) is 4.89. The number of aromatic carboxylic acids is 1. The lowest BCUT2D eigenvalue weighted by atomic mass is 10.1. The van der Waals surface area contributed by atoms with Gasteiger partial charge in [-0.2, -0.15) is 0 Å². The molecule has 0 saturated carbocycles. The number of benzene rings is 1. The lowest BCUT2D eigenvalue weighted by molar-refractivity contribution is 0.0696. The summed E-state index contributed by atoms with van der Waals surface area (Å²) in [4.78, 5) is 26.7. The Balaban J connectivity index is 1.85. The fourth-order valence-electron chi connectivity index (χ4n) is 1.82. The summed E-state index contributed by atoms with van der Waals surface area (Å²) < 4.78 is 0. The number of hydrogen-bond acceptors (Lipinski definition) is 4. The SMILES string of the molecule is Cc1cc(NC(=O)NCCc2cscn2)ccc1C(=O)O. The van der Waals surface area contributed by atoms with Crippen LogP contribution >= 0.6 is 11.3 Å². The Morgan fingerprint density at radius 2 is 2.19 bits per heavy atom. The molecule has 0 aliphatic heterocycles. The number of amides is 2. The number of carboxylic acid groups (broad SMARTS) is 1. The van der Waals surface area contributed by atoms with Crippen LogP contribution in [0.5, 0.6) is 0 Å². The molecule has 110 valence electrons. The first-order valence-electron chi connectivity index (χ1n) is 6.32. The summed E-state index contributed by atoms with van der Waals surface area (Å²) in [6.45, 7) is 2.18. The van der Waals surface area contributed by atoms with Gasteiger partial charge in [0.2, 0.25) is 0 Å². The summed E-state index contributed by atoms with van der Waals surface area (Å²) in [6.07, 6.45) is 0.675. The molecule has 1 aromatic heterocycles. The Labute approximate surface area is 125 Å². The average molecular weight is 305 g/mol. The average Bonchev–Trinajstić information content (AvgIpc) is 2.91. The van der Waals surface area contributed by atoms with Crippen LogP contribution in [-0.4, -0.2) is 28.6 Å². The smallest absolute Gasteiger partial charge is 0.335 e. The van der Waals surface area contributed by atoms with Crippen molar-refractivity contribution in [2.45, 2.75) is 13.3 Å². The van der Waals surface area contributed by atoms with Gasteiger partial charge in [0.1, 0.15) is 0 Å². The number of carbonyl (C=O) groups is 2. The fraction of sp³-hybridized carbons (Fsp3) is 0.214. The van der Waals surface area contributed by atoms with E-state index in [1.54, 1.807) is 24.6 Å². The van der Waals surface area contributed by atoms with E-state index in [2.05, 4.69) is 15.6 Å². The van der Waals surface area contributed by atoms with Crippen LogP contribution in [0.1, 0.15) is 21.6 Å². The maximum Gasteiger partial charge on any atom is 0.335 e. The lowest BCUT2D eigenvalue weighted by Crippen LogP contribution is -2.30. The van der Waals surface area contributed by atoms with E-state index in [0.29, 0.717) is 24.2 Å². The minimum absolute atomic E-state index is 0.226. The number of nitrogens with one attached hydrogen (secondary N) is 2. The number of rotatable bonds is 5. The van der Waals surface area contributed by atoms with Crippen molar-refractivity contribution in [2.75, 3.05) is 11.9 Å². The predicted octanol–water partition coefficient (Wildman–Crippen LogP) is 2.51. The Hall–Kier alpha value is -2.41. The second kappa shape index (κ2) is 6.85. The van der Waals surface area contributed by atoms with E-state index in [0.717, 1.165) is 5.69 Å². The van der Waals surface area contributed by atoms with Gasteiger partial charge in [0.05, 0.1) is 16.8 Å². The van der Waals surface area contributed by atoms with Crippen molar-refractivity contribution in [3.63, 3.8) is 0 Å². The third-order valence-electron chi connectivity index (χ3n) is 2.86. The lowest BCUT2D eigenvalue weighted by Gasteiger charge is -2.09. The van der Waals surface area contributed by atoms with Gasteiger partial charge in [0.25, 0.3) is 0 Å². The van der Waals surface area contributed by atoms with Gasteiger partial charge in [-0.05, 0) is 30.7 Å². The number of anilines is 1. The van der Waals surface area contributed by atoms with Gasteiger partial charge in [-0.3, -0.25) is 0 Å². The molecule has 2 aromatic rings. The first kappa shape index (κ1) is 15.0. The molecular formula is C14H15N3O3S. The number of hydrogen-bond donors (Lipinski definition) is 3. The Morgan fingerprint density at radius 1 is 1.38 bits per heavy atom. The summed E-state index contributed by atoms with van der Waals surface area (Å²) in [5, 5.41) is 16.3. The molecule has 0 fully saturated rings. The van der Waals surface area contributed by atoms with E-state index >= 15 is 0 Å². The van der Waals surface area contributed by atoms with Gasteiger partial charge in [-0.15, -0.1) is 11.3 Å². The number of aryl methyl sites for hydroxylation is 1. The molecule has 0 aliphatic rings. The molecule has 1 aromatic carbocycles. The summed E-state index contributed by atoms with van der Waals surface area (Å²) in [6, 6.07) is 4.34. The molecule has 0 atom stereocenters. The monoisotopic (exact) mass is 305 g/mol. The van der Waals surface area contributed by atoms with E-state index in [9.17, 15) is 9.59 Å². The van der Waals surface area contributed by atoms with E-state index in [1.165, 1.54) is 17.4 Å². The number of carbonyl (C=O) groups excluding carboxylic acids is 1. The zero-order valence-corrected chi connectivity index (χ0v) is 12.2. The number of aromatic nitrogens is 1. The van der Waals surface area contributed by atoms with Crippen LogP contribution in [0, 0.1) is 6.92 Å². The maximum absolute atomic E-state index is 11.7. The van der Waals surface area contributed by atoms with Crippen molar-refractivity contribution in [3.05, 3.63) is 45.9 Å². The summed E-state index contributed by atoms with van der Waals surface area (Å²) in [5.74, 6) is -0.980. The highest BCUT2D eigenvalue weighted by atomic mass is 32.1. The normalized spacial score (nSPS) is 10.1. The zero-order chi connectivity index (χ0) is 15.2. The highest BCUT2D eigenvalue weighted by Gasteiger charge is 2.08. The molecule has 3 N–H and O–H groups in total. The maximum atomic E-state index is 11.7. The van der Waals surface area contributed by atoms with Crippen LogP contribution in [0.25, 0.3) is 0 Å². The molecule has 0 unspecified atom stereocenters. The van der Waals surface area contributed by atoms with Gasteiger partial charge >= 0.3 is 12.0 Å². The number of nitrogens with zero attached hydrogens (tertiary/aromatic N) is 1. The minimum atomic E-state index is -0.980. The van der Waals surface area contributed by atoms with Crippen LogP contribution in [0.3, 0.4) is 0 Å². The van der Waals surface area contributed by atoms with Crippen molar-refractivity contribution in [3.8, 4) is 0 Å². The van der Waals surface area contributed by atoms with Gasteiger partial charge in [-0.1, -0.05) is 0 Å². The number of urea groups is 1. The van der Waals surface area contributed by atoms with Crippen LogP contribution in [-0.2, 0) is 6.42 Å². The summed E-state index contributed by atoms with van der Waals surface area (Å²) in [5.41, 5.74) is 4.08. The van der Waals surface area contributed by atoms with Crippen LogP contribution in [0.2, 0.25) is 0 Å². The highest BCUT2D eigenvalue weighted by molar-refractivity contribution is 7.07. The predicted molar refractivity (Wildman–Crippen MR) is 81.0 cm³/mol. The van der Waals surface area contributed by atoms with Gasteiger partial charge in [0, 0.05) is 24.0 Å². The molecule has 2 rings (SSSR count). The molecule has 0 radical (unpaired) electrons. The van der Waals surface area contributed by atoms with Gasteiger partial charge < -0.3 is 15.7 Å². The Bertz CT molecular complexity index is 641. The van der Waals surface area contributed by atoms with E-state index in [1.807, 2.05) is 5.38 Å². The van der Waals surface area contributed by atoms with Crippen molar-refractivity contribution in [1.82, 2.24) is 10.3 Å². The summed E-state index contributed by atoms with van der Waals surface area (Å²) >= 11 is 1.52. The second-order valence-corrected chi connectivity index (χ2v) is 5.16. The molecule has 0 aliphatic carbocycles. The third-order valence-corrected chi connectivity index (χ3v) is 3.50. The number of thiazole rings is 1. The molecule has 0 saturated heterocycles. The zero-order valence-electron chi connectivity index (χ0n) is 11.4. The minimum Gasteiger partial charge on any atom is -0.478 e. The highest BCUT2D eigenvalue weighted by Crippen LogP contribution is 2.15. The van der Waals surface area contributed by atoms with E-state index in [-0.39, 0.29) is 11.6 Å². The first-order valence-corrected chi connectivity index (χ1v) is 7.26. The van der Waals surface area contributed by atoms with E-state index in [4.69, 9.17) is 5.11 Å². The fourth-order valence-corrected chi connectivity index (χ4v) is 2.41. The standard InChI is InChI=1S/C14H15N3O3S/c1-9-6-10(2-3-12(9)13(18)19)17-14(20)15-5-4-11-7-21-8-16-11/h2-3,6-8H,4-5H2,1H3,(H,18,19)(H2,15,17,20). The van der Waals surface area contributed by atoms with Gasteiger partial charge in [-0.25, -0.2) is 14.6 Å². The quantitative estimate of drug-likeness (QED) is 0.791. The largest absolute Gasteiger partial charge is 0.478 e. The molecule has 1 heterocycles. The molecule has 6 nitrogen and oxygen atoms in total. The van der Waals surface area contributed by atoms with Crippen LogP contribution in [0.4, 0.5) is 10.5 Å². The molecular weight excluding hydrogens is 290 g/mol. The van der Waals surface area contributed by atoms with E-state index < -0.39 is 5.97 Å². The van der Waals surface area contributed by atoms with Crippen molar-refractivity contribution in [2.24, 2.45) is 0 Å². The van der Waals surface area contributed by atoms with Gasteiger partial charge in [0.15, 0.2) is 0 Å². The topological polar surface area (TPSA) is 91.3 Å². The molecule has 0 bridgehead atoms. The van der Waals surface area contributed by atoms with Crippen LogP contribution in [0.15, 0.2) is 29.1 Å². The molecule has 7 heteroatoms. The Morgan fingerprint density at radius 3 is 2.81 bits per heavy atom. The summed E-state index contributed by atoms with van der Waals surface area (Å²) in [7, 11) is 0. The molecule has 2 amide bonds.